The maximum atomic E-state index is 11.7. The Labute approximate surface area is 129 Å². The molecule has 1 aromatic heterocycles. The van der Waals surface area contributed by atoms with Gasteiger partial charge < -0.3 is 20.2 Å². The fourth-order valence-electron chi connectivity index (χ4n) is 1.91. The van der Waals surface area contributed by atoms with Gasteiger partial charge in [0.25, 0.3) is 5.91 Å². The van der Waals surface area contributed by atoms with E-state index in [1.165, 1.54) is 6.26 Å². The van der Waals surface area contributed by atoms with Crippen molar-refractivity contribution in [2.24, 2.45) is 5.92 Å². The van der Waals surface area contributed by atoms with E-state index >= 15 is 0 Å². The van der Waals surface area contributed by atoms with Gasteiger partial charge in [0.2, 0.25) is 5.91 Å². The van der Waals surface area contributed by atoms with Crippen LogP contribution in [0.4, 0.5) is 0 Å². The molecule has 0 bridgehead atoms. The summed E-state index contributed by atoms with van der Waals surface area (Å²) < 4.78 is 4.93. The average molecular weight is 310 g/mol. The zero-order valence-corrected chi connectivity index (χ0v) is 12.8. The number of furan rings is 1. The van der Waals surface area contributed by atoms with Gasteiger partial charge in [-0.25, -0.2) is 4.79 Å². The summed E-state index contributed by atoms with van der Waals surface area (Å²) in [4.78, 5) is 34.3. The molecule has 0 aromatic carbocycles. The SMILES string of the molecule is CC(C)C[C@@H](NC(=O)CCCNC(=O)c1ccco1)C(=O)O. The number of carbonyl (C=O) groups excluding carboxylic acids is 2. The maximum Gasteiger partial charge on any atom is 0.326 e. The first kappa shape index (κ1) is 17.7. The highest BCUT2D eigenvalue weighted by atomic mass is 16.4. The van der Waals surface area contributed by atoms with Crippen molar-refractivity contribution in [2.75, 3.05) is 6.54 Å². The second kappa shape index (κ2) is 8.86. The first-order valence-electron chi connectivity index (χ1n) is 7.24. The van der Waals surface area contributed by atoms with Crippen molar-refractivity contribution in [1.29, 1.82) is 0 Å². The van der Waals surface area contributed by atoms with Gasteiger partial charge in [-0.1, -0.05) is 13.8 Å². The fourth-order valence-corrected chi connectivity index (χ4v) is 1.91. The molecule has 0 aliphatic rings. The van der Waals surface area contributed by atoms with Gasteiger partial charge in [-0.2, -0.15) is 0 Å². The molecule has 22 heavy (non-hydrogen) atoms. The van der Waals surface area contributed by atoms with Gasteiger partial charge in [0.1, 0.15) is 6.04 Å². The molecular formula is C15H22N2O5. The lowest BCUT2D eigenvalue weighted by molar-refractivity contribution is -0.142. The summed E-state index contributed by atoms with van der Waals surface area (Å²) in [7, 11) is 0. The number of hydrogen-bond donors (Lipinski definition) is 3. The van der Waals surface area contributed by atoms with Crippen molar-refractivity contribution in [3.05, 3.63) is 24.2 Å². The van der Waals surface area contributed by atoms with Gasteiger partial charge >= 0.3 is 5.97 Å². The molecule has 0 fully saturated rings. The van der Waals surface area contributed by atoms with Crippen LogP contribution < -0.4 is 10.6 Å². The summed E-state index contributed by atoms with van der Waals surface area (Å²) in [6, 6.07) is 2.29. The molecule has 1 heterocycles. The summed E-state index contributed by atoms with van der Waals surface area (Å²) in [6.07, 6.45) is 2.37. The molecule has 0 aliphatic carbocycles. The van der Waals surface area contributed by atoms with Crippen LogP contribution in [0.25, 0.3) is 0 Å². The number of carboxylic acids is 1. The van der Waals surface area contributed by atoms with Gasteiger partial charge in [0.05, 0.1) is 6.26 Å². The predicted molar refractivity (Wildman–Crippen MR) is 79.3 cm³/mol. The van der Waals surface area contributed by atoms with E-state index in [1.54, 1.807) is 12.1 Å². The van der Waals surface area contributed by atoms with Crippen LogP contribution in [0.1, 0.15) is 43.7 Å². The van der Waals surface area contributed by atoms with Crippen molar-refractivity contribution in [2.45, 2.75) is 39.2 Å². The Morgan fingerprint density at radius 1 is 1.32 bits per heavy atom. The lowest BCUT2D eigenvalue weighted by Gasteiger charge is -2.16. The Balaban J connectivity index is 2.25. The smallest absolute Gasteiger partial charge is 0.326 e. The maximum absolute atomic E-state index is 11.7. The van der Waals surface area contributed by atoms with Crippen LogP contribution in [0.2, 0.25) is 0 Å². The third kappa shape index (κ3) is 6.43. The van der Waals surface area contributed by atoms with E-state index in [9.17, 15) is 14.4 Å². The standard InChI is InChI=1S/C15H22N2O5/c1-10(2)9-11(15(20)21)17-13(18)6-3-7-16-14(19)12-5-4-8-22-12/h4-5,8,10-11H,3,6-7,9H2,1-2H3,(H,16,19)(H,17,18)(H,20,21)/t11-/m1/s1. The van der Waals surface area contributed by atoms with E-state index in [2.05, 4.69) is 10.6 Å². The highest BCUT2D eigenvalue weighted by Gasteiger charge is 2.20. The molecule has 0 radical (unpaired) electrons. The molecular weight excluding hydrogens is 288 g/mol. The third-order valence-electron chi connectivity index (χ3n) is 2.95. The Morgan fingerprint density at radius 2 is 2.05 bits per heavy atom. The molecule has 122 valence electrons. The molecule has 7 heteroatoms. The van der Waals surface area contributed by atoms with Gasteiger partial charge in [-0.3, -0.25) is 9.59 Å². The van der Waals surface area contributed by atoms with E-state index in [-0.39, 0.29) is 29.9 Å². The Kier molecular flexibility index (Phi) is 7.15. The number of aliphatic carboxylic acids is 1. The zero-order chi connectivity index (χ0) is 16.5. The average Bonchev–Trinajstić information content (AvgIpc) is 2.96. The number of amides is 2. The van der Waals surface area contributed by atoms with Crippen LogP contribution in [0, 0.1) is 5.92 Å². The van der Waals surface area contributed by atoms with Crippen molar-refractivity contribution < 1.29 is 23.9 Å². The minimum Gasteiger partial charge on any atom is -0.480 e. The van der Waals surface area contributed by atoms with Gasteiger partial charge in [0, 0.05) is 13.0 Å². The van der Waals surface area contributed by atoms with Gasteiger partial charge in [0.15, 0.2) is 5.76 Å². The molecule has 0 spiro atoms. The van der Waals surface area contributed by atoms with E-state index in [4.69, 9.17) is 9.52 Å². The largest absolute Gasteiger partial charge is 0.480 e. The van der Waals surface area contributed by atoms with Crippen LogP contribution in [0.5, 0.6) is 0 Å². The van der Waals surface area contributed by atoms with Crippen LogP contribution in [0.3, 0.4) is 0 Å². The number of carboxylic acid groups (broad SMARTS) is 1. The lowest BCUT2D eigenvalue weighted by atomic mass is 10.0. The topological polar surface area (TPSA) is 109 Å². The van der Waals surface area contributed by atoms with Crippen molar-refractivity contribution >= 4 is 17.8 Å². The van der Waals surface area contributed by atoms with E-state index in [0.29, 0.717) is 19.4 Å². The molecule has 7 nitrogen and oxygen atoms in total. The minimum absolute atomic E-state index is 0.153. The van der Waals surface area contributed by atoms with Crippen LogP contribution >= 0.6 is 0 Å². The summed E-state index contributed by atoms with van der Waals surface area (Å²) in [5.74, 6) is -1.32. The lowest BCUT2D eigenvalue weighted by Crippen LogP contribution is -2.41. The first-order valence-corrected chi connectivity index (χ1v) is 7.24. The highest BCUT2D eigenvalue weighted by Crippen LogP contribution is 2.05. The fraction of sp³-hybridized carbons (Fsp3) is 0.533. The van der Waals surface area contributed by atoms with E-state index in [0.717, 1.165) is 0 Å². The van der Waals surface area contributed by atoms with E-state index < -0.39 is 12.0 Å². The molecule has 2 amide bonds. The second-order valence-corrected chi connectivity index (χ2v) is 5.42. The Morgan fingerprint density at radius 3 is 2.59 bits per heavy atom. The molecule has 3 N–H and O–H groups in total. The van der Waals surface area contributed by atoms with Crippen LogP contribution in [-0.4, -0.2) is 35.5 Å². The first-order chi connectivity index (χ1) is 10.4. The number of hydrogen-bond acceptors (Lipinski definition) is 4. The predicted octanol–water partition coefficient (Wildman–Crippen LogP) is 1.41. The van der Waals surface area contributed by atoms with Crippen molar-refractivity contribution in [3.8, 4) is 0 Å². The quantitative estimate of drug-likeness (QED) is 0.597. The summed E-state index contributed by atoms with van der Waals surface area (Å²) >= 11 is 0. The van der Waals surface area contributed by atoms with Crippen LogP contribution in [-0.2, 0) is 9.59 Å². The minimum atomic E-state index is -1.03. The molecule has 1 atom stereocenters. The summed E-state index contributed by atoms with van der Waals surface area (Å²) in [5.41, 5.74) is 0. The third-order valence-corrected chi connectivity index (χ3v) is 2.95. The zero-order valence-electron chi connectivity index (χ0n) is 12.8. The molecule has 0 saturated heterocycles. The molecule has 0 unspecified atom stereocenters. The number of rotatable bonds is 9. The number of nitrogens with one attached hydrogen (secondary N) is 2. The molecule has 1 rings (SSSR count). The van der Waals surface area contributed by atoms with E-state index in [1.807, 2.05) is 13.8 Å². The Bertz CT molecular complexity index is 496. The number of carbonyl (C=O) groups is 3. The Hall–Kier alpha value is -2.31. The molecule has 0 aliphatic heterocycles. The molecule has 1 aromatic rings. The highest BCUT2D eigenvalue weighted by molar-refractivity contribution is 5.91. The summed E-state index contributed by atoms with van der Waals surface area (Å²) in [6.45, 7) is 4.10. The normalized spacial score (nSPS) is 12.0. The van der Waals surface area contributed by atoms with Crippen molar-refractivity contribution in [3.63, 3.8) is 0 Å². The van der Waals surface area contributed by atoms with Gasteiger partial charge in [-0.15, -0.1) is 0 Å². The van der Waals surface area contributed by atoms with Gasteiger partial charge in [-0.05, 0) is 30.9 Å². The van der Waals surface area contributed by atoms with Crippen molar-refractivity contribution in [1.82, 2.24) is 10.6 Å². The monoisotopic (exact) mass is 310 g/mol. The molecule has 0 saturated carbocycles. The second-order valence-electron chi connectivity index (χ2n) is 5.42. The van der Waals surface area contributed by atoms with Crippen LogP contribution in [0.15, 0.2) is 22.8 Å². The summed E-state index contributed by atoms with van der Waals surface area (Å²) in [5, 5.41) is 14.2.